The molecule has 3 amide bonds. The second-order valence-electron chi connectivity index (χ2n) is 9.79. The lowest BCUT2D eigenvalue weighted by atomic mass is 10.1. The van der Waals surface area contributed by atoms with Gasteiger partial charge in [-0.2, -0.15) is 0 Å². The Kier molecular flexibility index (Phi) is 6.21. The predicted molar refractivity (Wildman–Crippen MR) is 135 cm³/mol. The van der Waals surface area contributed by atoms with Crippen molar-refractivity contribution in [3.63, 3.8) is 0 Å². The third kappa shape index (κ3) is 4.61. The summed E-state index contributed by atoms with van der Waals surface area (Å²) >= 11 is 0. The van der Waals surface area contributed by atoms with E-state index in [9.17, 15) is 18.0 Å². The number of hydrogen-bond acceptors (Lipinski definition) is 5. The smallest absolute Gasteiger partial charge is 0.334 e. The summed E-state index contributed by atoms with van der Waals surface area (Å²) in [6, 6.07) is 14.4. The molecule has 1 unspecified atom stereocenters. The van der Waals surface area contributed by atoms with Gasteiger partial charge in [-0.15, -0.1) is 0 Å². The molecule has 2 saturated heterocycles. The maximum atomic E-state index is 13.7. The monoisotopic (exact) mass is 496 g/mol. The number of nitrogens with zero attached hydrogens (tertiary/aromatic N) is 4. The van der Waals surface area contributed by atoms with Crippen molar-refractivity contribution in [3.05, 3.63) is 65.2 Å². The molecule has 2 aromatic carbocycles. The quantitative estimate of drug-likeness (QED) is 0.614. The van der Waals surface area contributed by atoms with Gasteiger partial charge in [0, 0.05) is 38.4 Å². The summed E-state index contributed by atoms with van der Waals surface area (Å²) in [5.74, 6) is -0.177. The maximum absolute atomic E-state index is 13.7. The molecular formula is C26H32N4O4S. The number of rotatable bonds is 6. The molecule has 0 N–H and O–H groups in total. The van der Waals surface area contributed by atoms with Crippen LogP contribution in [0.1, 0.15) is 29.5 Å². The van der Waals surface area contributed by atoms with Gasteiger partial charge < -0.3 is 14.7 Å². The largest absolute Gasteiger partial charge is 0.368 e. The minimum Gasteiger partial charge on any atom is -0.368 e. The van der Waals surface area contributed by atoms with Crippen LogP contribution in [-0.4, -0.2) is 78.5 Å². The molecule has 0 radical (unpaired) electrons. The number of hydrogen-bond donors (Lipinski definition) is 0. The molecule has 1 atom stereocenters. The van der Waals surface area contributed by atoms with Crippen LogP contribution in [0.3, 0.4) is 0 Å². The molecular weight excluding hydrogens is 464 g/mol. The molecule has 1 aliphatic carbocycles. The fourth-order valence-corrected chi connectivity index (χ4v) is 6.74. The molecule has 1 saturated carbocycles. The number of urea groups is 1. The lowest BCUT2D eigenvalue weighted by Crippen LogP contribution is -2.54. The summed E-state index contributed by atoms with van der Waals surface area (Å²) in [5.41, 5.74) is 4.44. The van der Waals surface area contributed by atoms with E-state index in [1.54, 1.807) is 4.90 Å². The van der Waals surface area contributed by atoms with Crippen molar-refractivity contribution in [2.75, 3.05) is 37.6 Å². The highest BCUT2D eigenvalue weighted by atomic mass is 32.2. The van der Waals surface area contributed by atoms with Crippen molar-refractivity contribution in [1.29, 1.82) is 0 Å². The Labute approximate surface area is 207 Å². The number of piperazine rings is 1. The summed E-state index contributed by atoms with van der Waals surface area (Å²) in [4.78, 5) is 32.5. The van der Waals surface area contributed by atoms with E-state index in [2.05, 4.69) is 36.9 Å². The van der Waals surface area contributed by atoms with E-state index >= 15 is 0 Å². The van der Waals surface area contributed by atoms with Crippen LogP contribution >= 0.6 is 0 Å². The number of benzene rings is 2. The van der Waals surface area contributed by atoms with Crippen LogP contribution < -0.4 is 4.90 Å². The van der Waals surface area contributed by atoms with Gasteiger partial charge in [-0.05, 0) is 49.4 Å². The van der Waals surface area contributed by atoms with Gasteiger partial charge in [0.15, 0.2) is 0 Å². The molecule has 0 spiro atoms. The first-order valence-corrected chi connectivity index (χ1v) is 13.7. The standard InChI is InChI=1S/C26H32N4O4S/c1-19-8-9-20(2)23(16-19)27-12-14-28(15-13-27)25(31)24-18-30(35(33,34)22-10-11-22)26(32)29(24)17-21-6-4-3-5-7-21/h3-9,16,22,24H,10-15,17-18H2,1-2H3. The molecule has 0 bridgehead atoms. The van der Waals surface area contributed by atoms with Crippen LogP contribution in [0.15, 0.2) is 48.5 Å². The van der Waals surface area contributed by atoms with Crippen LogP contribution in [0.5, 0.6) is 0 Å². The number of anilines is 1. The molecule has 8 nitrogen and oxygen atoms in total. The fraction of sp³-hybridized carbons (Fsp3) is 0.462. The normalized spacial score (nSPS) is 21.1. The molecule has 2 aromatic rings. The molecule has 3 fully saturated rings. The van der Waals surface area contributed by atoms with E-state index in [1.807, 2.05) is 30.3 Å². The van der Waals surface area contributed by atoms with Gasteiger partial charge in [-0.1, -0.05) is 42.5 Å². The second kappa shape index (κ2) is 9.18. The molecule has 9 heteroatoms. The van der Waals surface area contributed by atoms with Gasteiger partial charge in [0.05, 0.1) is 11.8 Å². The van der Waals surface area contributed by atoms with Crippen LogP contribution in [0.2, 0.25) is 0 Å². The molecule has 3 aliphatic rings. The third-order valence-electron chi connectivity index (χ3n) is 7.20. The van der Waals surface area contributed by atoms with E-state index < -0.39 is 27.3 Å². The number of carbonyl (C=O) groups is 2. The van der Waals surface area contributed by atoms with Crippen molar-refractivity contribution >= 4 is 27.6 Å². The van der Waals surface area contributed by atoms with E-state index in [-0.39, 0.29) is 19.0 Å². The molecule has 5 rings (SSSR count). The van der Waals surface area contributed by atoms with E-state index in [1.165, 1.54) is 21.7 Å². The van der Waals surface area contributed by atoms with E-state index in [0.717, 1.165) is 9.87 Å². The second-order valence-corrected chi connectivity index (χ2v) is 11.9. The summed E-state index contributed by atoms with van der Waals surface area (Å²) in [7, 11) is -3.73. The molecule has 2 aliphatic heterocycles. The number of sulfonamides is 1. The Morgan fingerprint density at radius 2 is 1.66 bits per heavy atom. The predicted octanol–water partition coefficient (Wildman–Crippen LogP) is 2.75. The summed E-state index contributed by atoms with van der Waals surface area (Å²) in [5, 5.41) is -0.500. The SMILES string of the molecule is Cc1ccc(C)c(N2CCN(C(=O)C3CN(S(=O)(=O)C4CC4)C(=O)N3Cc3ccccc3)CC2)c1. The Morgan fingerprint density at radius 1 is 0.971 bits per heavy atom. The highest BCUT2D eigenvalue weighted by molar-refractivity contribution is 7.90. The zero-order valence-corrected chi connectivity index (χ0v) is 21.1. The highest BCUT2D eigenvalue weighted by Crippen LogP contribution is 2.35. The highest BCUT2D eigenvalue weighted by Gasteiger charge is 2.51. The Bertz CT molecular complexity index is 1220. The van der Waals surface area contributed by atoms with Crippen molar-refractivity contribution in [2.45, 2.75) is 44.5 Å². The maximum Gasteiger partial charge on any atom is 0.334 e. The van der Waals surface area contributed by atoms with Gasteiger partial charge in [0.25, 0.3) is 0 Å². The van der Waals surface area contributed by atoms with Crippen molar-refractivity contribution in [3.8, 4) is 0 Å². The van der Waals surface area contributed by atoms with Gasteiger partial charge in [0.2, 0.25) is 15.9 Å². The summed E-state index contributed by atoms with van der Waals surface area (Å²) in [6.07, 6.45) is 1.15. The van der Waals surface area contributed by atoms with E-state index in [0.29, 0.717) is 39.0 Å². The van der Waals surface area contributed by atoms with Crippen LogP contribution in [0.4, 0.5) is 10.5 Å². The zero-order chi connectivity index (χ0) is 24.7. The average Bonchev–Trinajstić information content (AvgIpc) is 3.67. The van der Waals surface area contributed by atoms with Gasteiger partial charge in [-0.3, -0.25) is 4.79 Å². The number of amides is 3. The van der Waals surface area contributed by atoms with Crippen molar-refractivity contribution in [2.24, 2.45) is 0 Å². The lowest BCUT2D eigenvalue weighted by Gasteiger charge is -2.38. The lowest BCUT2D eigenvalue weighted by molar-refractivity contribution is -0.135. The molecule has 2 heterocycles. The summed E-state index contributed by atoms with van der Waals surface area (Å²) in [6.45, 7) is 6.71. The minimum absolute atomic E-state index is 0.111. The first-order valence-electron chi connectivity index (χ1n) is 12.2. The Morgan fingerprint density at radius 3 is 2.31 bits per heavy atom. The van der Waals surface area contributed by atoms with Crippen LogP contribution in [-0.2, 0) is 21.4 Å². The topological polar surface area (TPSA) is 81.2 Å². The Balaban J connectivity index is 1.34. The first kappa shape index (κ1) is 23.7. The number of aryl methyl sites for hydroxylation is 2. The molecule has 186 valence electrons. The van der Waals surface area contributed by atoms with E-state index in [4.69, 9.17) is 0 Å². The van der Waals surface area contributed by atoms with Crippen molar-refractivity contribution in [1.82, 2.24) is 14.1 Å². The van der Waals surface area contributed by atoms with Gasteiger partial charge in [-0.25, -0.2) is 17.5 Å². The van der Waals surface area contributed by atoms with Gasteiger partial charge >= 0.3 is 6.03 Å². The number of carbonyl (C=O) groups excluding carboxylic acids is 2. The first-order chi connectivity index (χ1) is 16.8. The van der Waals surface area contributed by atoms with Gasteiger partial charge in [0.1, 0.15) is 6.04 Å². The zero-order valence-electron chi connectivity index (χ0n) is 20.3. The Hall–Kier alpha value is -3.07. The fourth-order valence-electron chi connectivity index (χ4n) is 4.98. The van der Waals surface area contributed by atoms with Crippen LogP contribution in [0, 0.1) is 13.8 Å². The minimum atomic E-state index is -3.73. The third-order valence-corrected chi connectivity index (χ3v) is 9.44. The molecule has 0 aromatic heterocycles. The molecule has 35 heavy (non-hydrogen) atoms. The van der Waals surface area contributed by atoms with Crippen LogP contribution in [0.25, 0.3) is 0 Å². The van der Waals surface area contributed by atoms with Crippen molar-refractivity contribution < 1.29 is 18.0 Å². The average molecular weight is 497 g/mol. The summed E-state index contributed by atoms with van der Waals surface area (Å²) < 4.78 is 26.9.